The van der Waals surface area contributed by atoms with Crippen LogP contribution in [0.1, 0.15) is 66.7 Å². The Morgan fingerprint density at radius 2 is 1.86 bits per heavy atom. The van der Waals surface area contributed by atoms with E-state index in [1.165, 1.54) is 6.92 Å². The molecule has 0 radical (unpaired) electrons. The highest BCUT2D eigenvalue weighted by atomic mass is 16.6. The number of hydrogen-bond donors (Lipinski definition) is 2. The van der Waals surface area contributed by atoms with E-state index in [0.29, 0.717) is 12.8 Å². The Hall–Kier alpha value is -1.27. The van der Waals surface area contributed by atoms with Crippen LogP contribution in [0.2, 0.25) is 0 Å². The topological polar surface area (TPSA) is 101 Å². The highest BCUT2D eigenvalue weighted by Crippen LogP contribution is 2.67. The van der Waals surface area contributed by atoms with E-state index >= 15 is 0 Å². The van der Waals surface area contributed by atoms with E-state index in [0.717, 1.165) is 12.8 Å². The van der Waals surface area contributed by atoms with Gasteiger partial charge < -0.3 is 14.9 Å². The highest BCUT2D eigenvalue weighted by Gasteiger charge is 2.69. The fraction of sp³-hybridized carbons (Fsp3) is 0.864. The molecule has 158 valence electrons. The maximum Gasteiger partial charge on any atom is 0.332 e. The van der Waals surface area contributed by atoms with Crippen LogP contribution in [0, 0.1) is 34.0 Å². The quantitative estimate of drug-likeness (QED) is 0.712. The van der Waals surface area contributed by atoms with E-state index in [1.54, 1.807) is 6.92 Å². The van der Waals surface area contributed by atoms with E-state index in [9.17, 15) is 24.6 Å². The fourth-order valence-electron chi connectivity index (χ4n) is 6.81. The van der Waals surface area contributed by atoms with Crippen LogP contribution in [0.3, 0.4) is 0 Å². The first kappa shape index (κ1) is 21.4. The summed E-state index contributed by atoms with van der Waals surface area (Å²) in [4.78, 5) is 37.9. The lowest BCUT2D eigenvalue weighted by atomic mass is 9.43. The van der Waals surface area contributed by atoms with Gasteiger partial charge in [-0.2, -0.15) is 0 Å². The smallest absolute Gasteiger partial charge is 0.332 e. The van der Waals surface area contributed by atoms with Crippen LogP contribution in [0.25, 0.3) is 0 Å². The maximum absolute atomic E-state index is 13.1. The minimum Gasteiger partial charge on any atom is -0.460 e. The zero-order valence-corrected chi connectivity index (χ0v) is 17.7. The second kappa shape index (κ2) is 6.91. The van der Waals surface area contributed by atoms with Gasteiger partial charge in [0.05, 0.1) is 11.5 Å². The molecule has 2 bridgehead atoms. The molecule has 0 aliphatic heterocycles. The molecule has 0 amide bonds. The van der Waals surface area contributed by atoms with Gasteiger partial charge >= 0.3 is 5.97 Å². The summed E-state index contributed by atoms with van der Waals surface area (Å²) in [5.41, 5.74) is -2.11. The van der Waals surface area contributed by atoms with Crippen LogP contribution in [0.5, 0.6) is 0 Å². The van der Waals surface area contributed by atoms with Gasteiger partial charge in [0, 0.05) is 17.8 Å². The van der Waals surface area contributed by atoms with Gasteiger partial charge in [-0.25, -0.2) is 4.79 Å². The van der Waals surface area contributed by atoms with E-state index < -0.39 is 41.0 Å². The van der Waals surface area contributed by atoms with E-state index in [1.807, 2.05) is 13.8 Å². The molecule has 3 saturated carbocycles. The van der Waals surface area contributed by atoms with Crippen LogP contribution >= 0.6 is 0 Å². The minimum absolute atomic E-state index is 0.114. The normalized spacial score (nSPS) is 48.4. The van der Waals surface area contributed by atoms with Gasteiger partial charge in [0.15, 0.2) is 0 Å². The molecule has 28 heavy (non-hydrogen) atoms. The van der Waals surface area contributed by atoms with Crippen LogP contribution in [-0.4, -0.2) is 46.6 Å². The summed E-state index contributed by atoms with van der Waals surface area (Å²) in [7, 11) is 0. The molecule has 0 aromatic carbocycles. The number of rotatable bonds is 3. The number of aliphatic hydroxyl groups is 2. The van der Waals surface area contributed by atoms with Crippen LogP contribution in [0.15, 0.2) is 0 Å². The standard InChI is InChI=1S/C22H34O6/c1-12-6-8-22-9-7-15(25)18(22)21(12,5)16(28-17(26)11-23)10-20(4,14(3)24)19(27)13(22)2/h12-13,16,18-19,23,27H,6-11H2,1-5H3/t12-,13-,16-,18?,19+,20+,21+,22?/m1/s1. The molecule has 0 saturated heterocycles. The van der Waals surface area contributed by atoms with Crippen LogP contribution in [-0.2, 0) is 19.1 Å². The molecular weight excluding hydrogens is 360 g/mol. The zero-order chi connectivity index (χ0) is 21.1. The summed E-state index contributed by atoms with van der Waals surface area (Å²) in [5.74, 6) is -1.15. The van der Waals surface area contributed by atoms with Gasteiger partial charge in [0.25, 0.3) is 0 Å². The number of aliphatic hydroxyl groups excluding tert-OH is 2. The first-order valence-electron chi connectivity index (χ1n) is 10.5. The molecule has 0 aromatic heterocycles. The summed E-state index contributed by atoms with van der Waals surface area (Å²) in [6.45, 7) is 8.55. The number of carbonyl (C=O) groups excluding carboxylic acids is 3. The maximum atomic E-state index is 13.1. The number of hydrogen-bond acceptors (Lipinski definition) is 6. The molecule has 2 N–H and O–H groups in total. The fourth-order valence-corrected chi connectivity index (χ4v) is 6.81. The van der Waals surface area contributed by atoms with Crippen molar-refractivity contribution in [1.29, 1.82) is 0 Å². The Balaban J connectivity index is 2.23. The van der Waals surface area contributed by atoms with Gasteiger partial charge in [-0.15, -0.1) is 0 Å². The molecular formula is C22H34O6. The summed E-state index contributed by atoms with van der Waals surface area (Å²) in [6, 6.07) is 0. The first-order chi connectivity index (χ1) is 12.9. The number of ether oxygens (including phenoxy) is 1. The Labute approximate surface area is 167 Å². The molecule has 3 rings (SSSR count). The molecule has 3 aliphatic carbocycles. The molecule has 0 heterocycles. The van der Waals surface area contributed by atoms with Crippen molar-refractivity contribution >= 4 is 17.5 Å². The van der Waals surface area contributed by atoms with Crippen molar-refractivity contribution in [2.45, 2.75) is 78.9 Å². The van der Waals surface area contributed by atoms with Crippen molar-refractivity contribution in [2.75, 3.05) is 6.61 Å². The minimum atomic E-state index is -1.08. The molecule has 3 fully saturated rings. The first-order valence-corrected chi connectivity index (χ1v) is 10.5. The monoisotopic (exact) mass is 394 g/mol. The Morgan fingerprint density at radius 3 is 2.43 bits per heavy atom. The lowest BCUT2D eigenvalue weighted by Gasteiger charge is -2.61. The van der Waals surface area contributed by atoms with Gasteiger partial charge in [0.1, 0.15) is 24.3 Å². The Bertz CT molecular complexity index is 689. The second-order valence-corrected chi connectivity index (χ2v) is 9.99. The summed E-state index contributed by atoms with van der Waals surface area (Å²) in [5, 5.41) is 20.6. The third kappa shape index (κ3) is 2.71. The van der Waals surface area contributed by atoms with Crippen LogP contribution in [0.4, 0.5) is 0 Å². The van der Waals surface area contributed by atoms with E-state index in [4.69, 9.17) is 4.74 Å². The number of ketones is 2. The molecule has 3 aliphatic rings. The lowest BCUT2D eigenvalue weighted by Crippen LogP contribution is -2.64. The predicted molar refractivity (Wildman–Crippen MR) is 102 cm³/mol. The highest BCUT2D eigenvalue weighted by molar-refractivity contribution is 5.86. The van der Waals surface area contributed by atoms with Crippen molar-refractivity contribution < 1.29 is 29.3 Å². The van der Waals surface area contributed by atoms with Crippen molar-refractivity contribution in [3.05, 3.63) is 0 Å². The van der Waals surface area contributed by atoms with Gasteiger partial charge in [-0.05, 0) is 49.9 Å². The van der Waals surface area contributed by atoms with Crippen molar-refractivity contribution in [3.63, 3.8) is 0 Å². The summed E-state index contributed by atoms with van der Waals surface area (Å²) >= 11 is 0. The number of esters is 1. The Kier molecular flexibility index (Phi) is 5.29. The molecule has 6 heteroatoms. The van der Waals surface area contributed by atoms with E-state index in [2.05, 4.69) is 6.92 Å². The number of Topliss-reactive ketones (excluding diaryl/α,β-unsaturated/α-hetero) is 2. The SMILES string of the molecule is CC(=O)[C@]1(C)C[C@@H](OC(=O)CO)[C@@]2(C)C3C(=O)CCC3(CC[C@H]2C)[C@H](C)[C@@H]1O. The van der Waals surface area contributed by atoms with Gasteiger partial charge in [0.2, 0.25) is 0 Å². The van der Waals surface area contributed by atoms with E-state index in [-0.39, 0.29) is 35.7 Å². The third-order valence-electron chi connectivity index (χ3n) is 9.00. The molecule has 8 atom stereocenters. The Morgan fingerprint density at radius 1 is 1.21 bits per heavy atom. The molecule has 0 spiro atoms. The third-order valence-corrected chi connectivity index (χ3v) is 9.00. The average molecular weight is 395 g/mol. The molecule has 2 unspecified atom stereocenters. The largest absolute Gasteiger partial charge is 0.460 e. The second-order valence-electron chi connectivity index (χ2n) is 9.99. The predicted octanol–water partition coefficient (Wildman–Crippen LogP) is 2.29. The molecule has 0 aromatic rings. The summed E-state index contributed by atoms with van der Waals surface area (Å²) < 4.78 is 5.71. The average Bonchev–Trinajstić information content (AvgIpc) is 3.00. The lowest BCUT2D eigenvalue weighted by molar-refractivity contribution is -0.212. The van der Waals surface area contributed by atoms with Crippen molar-refractivity contribution in [3.8, 4) is 0 Å². The van der Waals surface area contributed by atoms with Crippen LogP contribution < -0.4 is 0 Å². The summed E-state index contributed by atoms with van der Waals surface area (Å²) in [6.07, 6.45) is 1.37. The van der Waals surface area contributed by atoms with Crippen molar-refractivity contribution in [1.82, 2.24) is 0 Å². The number of carbonyl (C=O) groups is 3. The van der Waals surface area contributed by atoms with Crippen molar-refractivity contribution in [2.24, 2.45) is 34.0 Å². The zero-order valence-electron chi connectivity index (χ0n) is 17.7. The molecule has 6 nitrogen and oxygen atoms in total. The van der Waals surface area contributed by atoms with Gasteiger partial charge in [-0.3, -0.25) is 9.59 Å². The van der Waals surface area contributed by atoms with Gasteiger partial charge in [-0.1, -0.05) is 27.7 Å².